The summed E-state index contributed by atoms with van der Waals surface area (Å²) in [6.07, 6.45) is 2.98. The zero-order chi connectivity index (χ0) is 16.6. The molecule has 1 aliphatic heterocycles. The molecule has 0 unspecified atom stereocenters. The van der Waals surface area contributed by atoms with Gasteiger partial charge in [0, 0.05) is 0 Å². The fraction of sp³-hybridized carbons (Fsp3) is 0.381. The van der Waals surface area contributed by atoms with Crippen LogP contribution in [0.3, 0.4) is 0 Å². The minimum atomic E-state index is -0.288. The van der Waals surface area contributed by atoms with Crippen LogP contribution in [0.1, 0.15) is 49.5 Å². The molecule has 2 aromatic rings. The number of nitrogens with one attached hydrogen (secondary N) is 1. The lowest BCUT2D eigenvalue weighted by Gasteiger charge is -2.38. The monoisotopic (exact) mass is 321 g/mol. The smallest absolute Gasteiger partial charge is 0.323 e. The third kappa shape index (κ3) is 3.09. The Hall–Kier alpha value is -2.13. The van der Waals surface area contributed by atoms with E-state index in [0.717, 1.165) is 17.5 Å². The number of hydrogen-bond acceptors (Lipinski definition) is 3. The van der Waals surface area contributed by atoms with E-state index in [4.69, 9.17) is 4.74 Å². The van der Waals surface area contributed by atoms with E-state index in [1.807, 2.05) is 48.5 Å². The third-order valence-corrected chi connectivity index (χ3v) is 5.30. The second kappa shape index (κ2) is 6.06. The molecule has 1 aliphatic carbocycles. The van der Waals surface area contributed by atoms with Crippen molar-refractivity contribution in [3.63, 3.8) is 0 Å². The van der Waals surface area contributed by atoms with E-state index in [2.05, 4.69) is 24.4 Å². The summed E-state index contributed by atoms with van der Waals surface area (Å²) in [6.45, 7) is 2.25. The van der Waals surface area contributed by atoms with Crippen molar-refractivity contribution in [3.05, 3.63) is 71.8 Å². The lowest BCUT2D eigenvalue weighted by molar-refractivity contribution is -0.161. The zero-order valence-corrected chi connectivity index (χ0v) is 13.9. The number of ether oxygens (including phenoxy) is 1. The topological polar surface area (TPSA) is 38.3 Å². The van der Waals surface area contributed by atoms with Crippen LogP contribution >= 0.6 is 0 Å². The highest BCUT2D eigenvalue weighted by atomic mass is 16.5. The van der Waals surface area contributed by atoms with E-state index in [1.54, 1.807) is 0 Å². The highest BCUT2D eigenvalue weighted by Crippen LogP contribution is 2.50. The first-order valence-electron chi connectivity index (χ1n) is 8.71. The van der Waals surface area contributed by atoms with Crippen LogP contribution in [0.5, 0.6) is 0 Å². The first kappa shape index (κ1) is 15.4. The molecule has 24 heavy (non-hydrogen) atoms. The molecule has 0 radical (unpaired) electrons. The molecule has 0 amide bonds. The Morgan fingerprint density at radius 1 is 1.00 bits per heavy atom. The summed E-state index contributed by atoms with van der Waals surface area (Å²) in [5, 5.41) is 3.59. The standard InChI is InChI=1S/C21H23NO2/c1-21(12-13-21)14-17-20(23)24-19(16-10-6-3-7-11-16)18(22-17)15-8-4-2-5-9-15/h2-11,17-19,22H,12-14H2,1H3/t17-,18-,19+/m0/s1. The maximum absolute atomic E-state index is 12.6. The minimum Gasteiger partial charge on any atom is -0.454 e. The van der Waals surface area contributed by atoms with Crippen LogP contribution in [0, 0.1) is 5.41 Å². The van der Waals surface area contributed by atoms with Gasteiger partial charge in [-0.05, 0) is 35.8 Å². The fourth-order valence-corrected chi connectivity index (χ4v) is 3.53. The van der Waals surface area contributed by atoms with Crippen molar-refractivity contribution >= 4 is 5.97 Å². The molecular formula is C21H23NO2. The van der Waals surface area contributed by atoms with E-state index in [-0.39, 0.29) is 24.2 Å². The van der Waals surface area contributed by atoms with Crippen molar-refractivity contribution in [2.24, 2.45) is 5.41 Å². The van der Waals surface area contributed by atoms with Crippen molar-refractivity contribution in [1.82, 2.24) is 5.32 Å². The van der Waals surface area contributed by atoms with Crippen molar-refractivity contribution in [2.75, 3.05) is 0 Å². The molecule has 1 saturated heterocycles. The SMILES string of the molecule is CC1(C[C@@H]2N[C@@H](c3ccccc3)[C@@H](c3ccccc3)OC2=O)CC1. The van der Waals surface area contributed by atoms with Crippen molar-refractivity contribution in [3.8, 4) is 0 Å². The van der Waals surface area contributed by atoms with E-state index in [1.165, 1.54) is 12.8 Å². The van der Waals surface area contributed by atoms with Crippen LogP contribution in [0.15, 0.2) is 60.7 Å². The molecule has 1 heterocycles. The highest BCUT2D eigenvalue weighted by Gasteiger charge is 2.45. The van der Waals surface area contributed by atoms with Crippen molar-refractivity contribution in [2.45, 2.75) is 44.4 Å². The van der Waals surface area contributed by atoms with Gasteiger partial charge in [-0.3, -0.25) is 10.1 Å². The summed E-state index contributed by atoms with van der Waals surface area (Å²) in [5.41, 5.74) is 2.49. The molecule has 2 aliphatic rings. The molecule has 3 nitrogen and oxygen atoms in total. The van der Waals surface area contributed by atoms with Crippen LogP contribution in [0.25, 0.3) is 0 Å². The molecule has 0 aromatic heterocycles. The van der Waals surface area contributed by atoms with Gasteiger partial charge >= 0.3 is 5.97 Å². The molecule has 2 aromatic carbocycles. The molecule has 3 heteroatoms. The number of cyclic esters (lactones) is 1. The maximum Gasteiger partial charge on any atom is 0.323 e. The van der Waals surface area contributed by atoms with Gasteiger partial charge in [0.05, 0.1) is 6.04 Å². The molecule has 1 saturated carbocycles. The number of carbonyl (C=O) groups excluding carboxylic acids is 1. The van der Waals surface area contributed by atoms with Gasteiger partial charge in [-0.1, -0.05) is 67.6 Å². The molecule has 0 bridgehead atoms. The predicted molar refractivity (Wildman–Crippen MR) is 93.3 cm³/mol. The first-order chi connectivity index (χ1) is 11.6. The third-order valence-electron chi connectivity index (χ3n) is 5.30. The Kier molecular flexibility index (Phi) is 3.89. The first-order valence-corrected chi connectivity index (χ1v) is 8.71. The molecular weight excluding hydrogens is 298 g/mol. The highest BCUT2D eigenvalue weighted by molar-refractivity contribution is 5.77. The number of hydrogen-bond donors (Lipinski definition) is 1. The van der Waals surface area contributed by atoms with Crippen LogP contribution in [0.4, 0.5) is 0 Å². The Labute approximate surface area is 143 Å². The summed E-state index contributed by atoms with van der Waals surface area (Å²) < 4.78 is 5.92. The van der Waals surface area contributed by atoms with Crippen LogP contribution < -0.4 is 5.32 Å². The van der Waals surface area contributed by atoms with Crippen LogP contribution in [-0.4, -0.2) is 12.0 Å². The van der Waals surface area contributed by atoms with E-state index < -0.39 is 0 Å². The van der Waals surface area contributed by atoms with Gasteiger partial charge in [0.1, 0.15) is 12.1 Å². The van der Waals surface area contributed by atoms with Gasteiger partial charge < -0.3 is 4.74 Å². The largest absolute Gasteiger partial charge is 0.454 e. The predicted octanol–water partition coefficient (Wildman–Crippen LogP) is 4.17. The second-order valence-corrected chi connectivity index (χ2v) is 7.39. The normalized spacial score (nSPS) is 28.2. The van der Waals surface area contributed by atoms with Gasteiger partial charge in [-0.25, -0.2) is 0 Å². The van der Waals surface area contributed by atoms with Gasteiger partial charge in [-0.2, -0.15) is 0 Å². The number of carbonyl (C=O) groups is 1. The molecule has 124 valence electrons. The van der Waals surface area contributed by atoms with Crippen LogP contribution in [0.2, 0.25) is 0 Å². The minimum absolute atomic E-state index is 0.0151. The molecule has 2 fully saturated rings. The Balaban J connectivity index is 1.64. The second-order valence-electron chi connectivity index (χ2n) is 7.39. The quantitative estimate of drug-likeness (QED) is 0.859. The lowest BCUT2D eigenvalue weighted by Crippen LogP contribution is -2.49. The Morgan fingerprint density at radius 2 is 1.58 bits per heavy atom. The van der Waals surface area contributed by atoms with Gasteiger partial charge in [0.25, 0.3) is 0 Å². The average molecular weight is 321 g/mol. The summed E-state index contributed by atoms with van der Waals surface area (Å²) >= 11 is 0. The van der Waals surface area contributed by atoms with Gasteiger partial charge in [0.2, 0.25) is 0 Å². The van der Waals surface area contributed by atoms with Gasteiger partial charge in [-0.15, -0.1) is 0 Å². The number of benzene rings is 2. The molecule has 0 spiro atoms. The number of morpholine rings is 1. The summed E-state index contributed by atoms with van der Waals surface area (Å²) in [5.74, 6) is -0.121. The number of rotatable bonds is 4. The Morgan fingerprint density at radius 3 is 2.17 bits per heavy atom. The Bertz CT molecular complexity index is 709. The van der Waals surface area contributed by atoms with Crippen LogP contribution in [-0.2, 0) is 9.53 Å². The molecule has 3 atom stereocenters. The lowest BCUT2D eigenvalue weighted by atomic mass is 9.90. The van der Waals surface area contributed by atoms with E-state index in [0.29, 0.717) is 5.41 Å². The van der Waals surface area contributed by atoms with Gasteiger partial charge in [0.15, 0.2) is 0 Å². The van der Waals surface area contributed by atoms with Crippen molar-refractivity contribution in [1.29, 1.82) is 0 Å². The summed E-state index contributed by atoms with van der Waals surface area (Å²) in [4.78, 5) is 12.6. The maximum atomic E-state index is 12.6. The molecule has 4 rings (SSSR count). The van der Waals surface area contributed by atoms with E-state index in [9.17, 15) is 4.79 Å². The fourth-order valence-electron chi connectivity index (χ4n) is 3.53. The molecule has 1 N–H and O–H groups in total. The van der Waals surface area contributed by atoms with E-state index >= 15 is 0 Å². The number of esters is 1. The summed E-state index contributed by atoms with van der Waals surface area (Å²) in [6, 6.07) is 20.1. The zero-order valence-electron chi connectivity index (χ0n) is 13.9. The average Bonchev–Trinajstić information content (AvgIpc) is 3.35. The van der Waals surface area contributed by atoms with Crippen molar-refractivity contribution < 1.29 is 9.53 Å². The summed E-state index contributed by atoms with van der Waals surface area (Å²) in [7, 11) is 0.